The maximum absolute atomic E-state index is 6.02. The van der Waals surface area contributed by atoms with E-state index in [0.717, 1.165) is 34.0 Å². The standard InChI is InChI=1S/C12H17ClIN3/c1-12(2)8-16(3)4-5-17(12)11-6-10(14)9(13)7-15-11/h6-7H,4-5,8H2,1-3H3. The number of pyridine rings is 1. The molecule has 0 radical (unpaired) electrons. The molecule has 2 heterocycles. The van der Waals surface area contributed by atoms with Crippen LogP contribution in [0.2, 0.25) is 5.02 Å². The van der Waals surface area contributed by atoms with Crippen molar-refractivity contribution in [3.05, 3.63) is 20.9 Å². The minimum atomic E-state index is 0.108. The summed E-state index contributed by atoms with van der Waals surface area (Å²) in [5, 5.41) is 0.723. The molecule has 0 aromatic carbocycles. The number of aromatic nitrogens is 1. The molecule has 0 N–H and O–H groups in total. The van der Waals surface area contributed by atoms with Gasteiger partial charge in [-0.2, -0.15) is 0 Å². The second-order valence-corrected chi connectivity index (χ2v) is 6.73. The first-order valence-corrected chi connectivity index (χ1v) is 7.13. The molecule has 1 aromatic heterocycles. The molecule has 1 aliphatic rings. The van der Waals surface area contributed by atoms with Crippen LogP contribution in [0.15, 0.2) is 12.3 Å². The zero-order valence-electron chi connectivity index (χ0n) is 10.4. The number of anilines is 1. The number of hydrogen-bond acceptors (Lipinski definition) is 3. The zero-order chi connectivity index (χ0) is 12.6. The first-order valence-electron chi connectivity index (χ1n) is 5.67. The van der Waals surface area contributed by atoms with Gasteiger partial charge in [0.25, 0.3) is 0 Å². The van der Waals surface area contributed by atoms with E-state index in [1.807, 2.05) is 0 Å². The Morgan fingerprint density at radius 1 is 1.41 bits per heavy atom. The Bertz CT molecular complexity index is 422. The van der Waals surface area contributed by atoms with Crippen LogP contribution < -0.4 is 4.90 Å². The molecule has 0 unspecified atom stereocenters. The van der Waals surface area contributed by atoms with Crippen LogP contribution in [-0.2, 0) is 0 Å². The van der Waals surface area contributed by atoms with Crippen molar-refractivity contribution in [1.29, 1.82) is 0 Å². The predicted octanol–water partition coefficient (Wildman–Crippen LogP) is 2.87. The summed E-state index contributed by atoms with van der Waals surface area (Å²) in [6, 6.07) is 2.07. The maximum atomic E-state index is 6.02. The fourth-order valence-electron chi connectivity index (χ4n) is 2.37. The summed E-state index contributed by atoms with van der Waals surface area (Å²) >= 11 is 8.27. The van der Waals surface area contributed by atoms with E-state index in [9.17, 15) is 0 Å². The van der Waals surface area contributed by atoms with Gasteiger partial charge in [0.05, 0.1) is 5.02 Å². The topological polar surface area (TPSA) is 19.4 Å². The Morgan fingerprint density at radius 3 is 2.71 bits per heavy atom. The van der Waals surface area contributed by atoms with E-state index in [1.165, 1.54) is 0 Å². The van der Waals surface area contributed by atoms with Gasteiger partial charge in [-0.3, -0.25) is 0 Å². The van der Waals surface area contributed by atoms with Crippen LogP contribution in [0, 0.1) is 3.57 Å². The molecule has 17 heavy (non-hydrogen) atoms. The van der Waals surface area contributed by atoms with Crippen LogP contribution >= 0.6 is 34.2 Å². The minimum Gasteiger partial charge on any atom is -0.349 e. The third-order valence-corrected chi connectivity index (χ3v) is 4.68. The summed E-state index contributed by atoms with van der Waals surface area (Å²) in [7, 11) is 2.16. The molecule has 1 aliphatic heterocycles. The molecule has 5 heteroatoms. The molecular formula is C12H17ClIN3. The van der Waals surface area contributed by atoms with Crippen molar-refractivity contribution in [2.24, 2.45) is 0 Å². The van der Waals surface area contributed by atoms with Crippen LogP contribution in [0.5, 0.6) is 0 Å². The van der Waals surface area contributed by atoms with Crippen LogP contribution in [0.3, 0.4) is 0 Å². The molecule has 1 aromatic rings. The first-order chi connectivity index (χ1) is 7.90. The van der Waals surface area contributed by atoms with E-state index in [2.05, 4.69) is 64.3 Å². The van der Waals surface area contributed by atoms with Gasteiger partial charge in [-0.25, -0.2) is 4.98 Å². The molecule has 0 spiro atoms. The highest BCUT2D eigenvalue weighted by atomic mass is 127. The molecule has 1 saturated heterocycles. The van der Waals surface area contributed by atoms with Crippen molar-refractivity contribution in [2.75, 3.05) is 31.6 Å². The molecule has 94 valence electrons. The maximum Gasteiger partial charge on any atom is 0.130 e. The molecule has 0 bridgehead atoms. The van der Waals surface area contributed by atoms with E-state index in [4.69, 9.17) is 11.6 Å². The average Bonchev–Trinajstić information content (AvgIpc) is 2.21. The van der Waals surface area contributed by atoms with Gasteiger partial charge in [-0.05, 0) is 49.6 Å². The summed E-state index contributed by atoms with van der Waals surface area (Å²) in [4.78, 5) is 9.18. The fraction of sp³-hybridized carbons (Fsp3) is 0.583. The monoisotopic (exact) mass is 365 g/mol. The molecule has 0 saturated carbocycles. The van der Waals surface area contributed by atoms with Crippen molar-refractivity contribution in [3.8, 4) is 0 Å². The highest BCUT2D eigenvalue weighted by Crippen LogP contribution is 2.28. The van der Waals surface area contributed by atoms with Crippen LogP contribution in [-0.4, -0.2) is 42.1 Å². The van der Waals surface area contributed by atoms with Gasteiger partial charge in [-0.1, -0.05) is 11.6 Å². The quantitative estimate of drug-likeness (QED) is 0.714. The first kappa shape index (κ1) is 13.4. The van der Waals surface area contributed by atoms with Gasteiger partial charge in [-0.15, -0.1) is 0 Å². The lowest BCUT2D eigenvalue weighted by molar-refractivity contribution is 0.217. The Labute approximate surface area is 121 Å². The van der Waals surface area contributed by atoms with Gasteiger partial charge in [0.2, 0.25) is 0 Å². The number of hydrogen-bond donors (Lipinski definition) is 0. The molecule has 0 amide bonds. The van der Waals surface area contributed by atoms with E-state index < -0.39 is 0 Å². The summed E-state index contributed by atoms with van der Waals surface area (Å²) in [6.45, 7) is 7.64. The molecule has 1 fully saturated rings. The van der Waals surface area contributed by atoms with E-state index in [0.29, 0.717) is 0 Å². The second-order valence-electron chi connectivity index (χ2n) is 5.16. The largest absolute Gasteiger partial charge is 0.349 e. The Morgan fingerprint density at radius 2 is 2.12 bits per heavy atom. The average molecular weight is 366 g/mol. The van der Waals surface area contributed by atoms with Crippen LogP contribution in [0.25, 0.3) is 0 Å². The van der Waals surface area contributed by atoms with E-state index >= 15 is 0 Å². The van der Waals surface area contributed by atoms with Crippen molar-refractivity contribution < 1.29 is 0 Å². The second kappa shape index (κ2) is 4.90. The number of halogens is 2. The van der Waals surface area contributed by atoms with Gasteiger partial charge >= 0.3 is 0 Å². The normalized spacial score (nSPS) is 20.6. The van der Waals surface area contributed by atoms with Crippen molar-refractivity contribution in [3.63, 3.8) is 0 Å². The van der Waals surface area contributed by atoms with E-state index in [1.54, 1.807) is 6.20 Å². The minimum absolute atomic E-state index is 0.108. The lowest BCUT2D eigenvalue weighted by Crippen LogP contribution is -2.58. The van der Waals surface area contributed by atoms with Gasteiger partial charge in [0.15, 0.2) is 0 Å². The smallest absolute Gasteiger partial charge is 0.130 e. The summed E-state index contributed by atoms with van der Waals surface area (Å²) < 4.78 is 1.06. The van der Waals surface area contributed by atoms with Crippen molar-refractivity contribution in [2.45, 2.75) is 19.4 Å². The lowest BCUT2D eigenvalue weighted by Gasteiger charge is -2.46. The van der Waals surface area contributed by atoms with Crippen LogP contribution in [0.1, 0.15) is 13.8 Å². The number of likely N-dealkylation sites (N-methyl/N-ethyl adjacent to an activating group) is 1. The predicted molar refractivity (Wildman–Crippen MR) is 80.9 cm³/mol. The van der Waals surface area contributed by atoms with Crippen molar-refractivity contribution >= 4 is 40.0 Å². The highest BCUT2D eigenvalue weighted by Gasteiger charge is 2.33. The Kier molecular flexibility index (Phi) is 3.85. The molecule has 3 nitrogen and oxygen atoms in total. The third-order valence-electron chi connectivity index (χ3n) is 3.16. The number of piperazine rings is 1. The molecule has 2 rings (SSSR count). The van der Waals surface area contributed by atoms with Crippen molar-refractivity contribution in [1.82, 2.24) is 9.88 Å². The lowest BCUT2D eigenvalue weighted by atomic mass is 9.99. The third kappa shape index (κ3) is 2.85. The van der Waals surface area contributed by atoms with Gasteiger partial charge < -0.3 is 9.80 Å². The van der Waals surface area contributed by atoms with E-state index in [-0.39, 0.29) is 5.54 Å². The molecule has 0 atom stereocenters. The number of rotatable bonds is 1. The molecule has 0 aliphatic carbocycles. The Hall–Kier alpha value is -0.0700. The molecular weight excluding hydrogens is 349 g/mol. The van der Waals surface area contributed by atoms with Gasteiger partial charge in [0, 0.05) is 34.9 Å². The highest BCUT2D eigenvalue weighted by molar-refractivity contribution is 14.1. The summed E-state index contributed by atoms with van der Waals surface area (Å²) in [6.07, 6.45) is 1.74. The Balaban J connectivity index is 2.29. The van der Waals surface area contributed by atoms with Crippen LogP contribution in [0.4, 0.5) is 5.82 Å². The number of nitrogens with zero attached hydrogens (tertiary/aromatic N) is 3. The zero-order valence-corrected chi connectivity index (χ0v) is 13.3. The SMILES string of the molecule is CN1CCN(c2cc(I)c(Cl)cn2)C(C)(C)C1. The van der Waals surface area contributed by atoms with Gasteiger partial charge in [0.1, 0.15) is 5.82 Å². The summed E-state index contributed by atoms with van der Waals surface area (Å²) in [5.74, 6) is 1.02. The fourth-order valence-corrected chi connectivity index (χ4v) is 2.90. The summed E-state index contributed by atoms with van der Waals surface area (Å²) in [5.41, 5.74) is 0.108.